The Morgan fingerprint density at radius 2 is 0.744 bits per heavy atom. The van der Waals surface area contributed by atoms with E-state index in [1.807, 2.05) is 18.2 Å². The van der Waals surface area contributed by atoms with Gasteiger partial charge < -0.3 is 0 Å². The fourth-order valence-corrected chi connectivity index (χ4v) is 6.65. The van der Waals surface area contributed by atoms with E-state index in [0.29, 0.717) is 12.8 Å². The number of rotatable bonds is 34. The van der Waals surface area contributed by atoms with Crippen LogP contribution in [0.15, 0.2) is 23.8 Å². The highest BCUT2D eigenvalue weighted by molar-refractivity contribution is 6.04. The number of carbonyl (C=O) groups is 2. The molecule has 0 bridgehead atoms. The SMILES string of the molecule is CCCCCCCCCCCCCCCCCC(=O)C1=CC=CC1C(=O)CCCCCCCCCCCCCCCCC. The molecule has 1 rings (SSSR count). The maximum Gasteiger partial charge on any atom is 0.159 e. The van der Waals surface area contributed by atoms with E-state index in [4.69, 9.17) is 0 Å². The average molecular weight is 599 g/mol. The Hall–Kier alpha value is -1.18. The van der Waals surface area contributed by atoms with Crippen LogP contribution in [0.25, 0.3) is 0 Å². The summed E-state index contributed by atoms with van der Waals surface area (Å²) in [5.74, 6) is 0.185. The van der Waals surface area contributed by atoms with Crippen molar-refractivity contribution in [2.75, 3.05) is 0 Å². The molecule has 0 radical (unpaired) electrons. The number of carbonyl (C=O) groups excluding carboxylic acids is 2. The minimum atomic E-state index is -0.268. The molecule has 1 aliphatic carbocycles. The summed E-state index contributed by atoms with van der Waals surface area (Å²) >= 11 is 0. The van der Waals surface area contributed by atoms with Crippen molar-refractivity contribution in [2.24, 2.45) is 5.92 Å². The van der Waals surface area contributed by atoms with E-state index in [-0.39, 0.29) is 17.5 Å². The van der Waals surface area contributed by atoms with Crippen molar-refractivity contribution in [3.8, 4) is 0 Å². The van der Waals surface area contributed by atoms with Crippen LogP contribution in [0.4, 0.5) is 0 Å². The van der Waals surface area contributed by atoms with E-state index >= 15 is 0 Å². The van der Waals surface area contributed by atoms with E-state index in [9.17, 15) is 9.59 Å². The van der Waals surface area contributed by atoms with Crippen molar-refractivity contribution in [1.29, 1.82) is 0 Å². The molecule has 1 aliphatic rings. The first-order chi connectivity index (χ1) is 21.2. The minimum Gasteiger partial charge on any atom is -0.299 e. The fraction of sp³-hybridized carbons (Fsp3) is 0.854. The number of hydrogen-bond donors (Lipinski definition) is 0. The summed E-state index contributed by atoms with van der Waals surface area (Å²) in [7, 11) is 0. The molecule has 250 valence electrons. The predicted molar refractivity (Wildman–Crippen MR) is 190 cm³/mol. The van der Waals surface area contributed by atoms with Crippen LogP contribution in [0, 0.1) is 5.92 Å². The molecule has 0 spiro atoms. The molecular weight excluding hydrogens is 524 g/mol. The van der Waals surface area contributed by atoms with E-state index in [1.165, 1.54) is 167 Å². The van der Waals surface area contributed by atoms with Gasteiger partial charge in [0.05, 0.1) is 5.92 Å². The lowest BCUT2D eigenvalue weighted by molar-refractivity contribution is -0.123. The highest BCUT2D eigenvalue weighted by Crippen LogP contribution is 2.26. The first kappa shape index (κ1) is 39.8. The summed E-state index contributed by atoms with van der Waals surface area (Å²) in [5.41, 5.74) is 0.760. The van der Waals surface area contributed by atoms with Crippen LogP contribution in [0.1, 0.15) is 219 Å². The van der Waals surface area contributed by atoms with Gasteiger partial charge in [0.15, 0.2) is 5.78 Å². The van der Waals surface area contributed by atoms with Crippen LogP contribution in [0.3, 0.4) is 0 Å². The second-order valence-electron chi connectivity index (χ2n) is 13.8. The van der Waals surface area contributed by atoms with Crippen LogP contribution in [-0.4, -0.2) is 11.6 Å². The standard InChI is InChI=1S/C41H74O2/c1-3-5-7-9-11-13-15-17-19-21-23-25-27-29-31-36-40(42)38-34-33-35-39(38)41(43)37-32-30-28-26-24-22-20-18-16-14-12-10-8-6-4-2/h33-35,38H,3-32,36-37H2,1-2H3. The molecule has 43 heavy (non-hydrogen) atoms. The average Bonchev–Trinajstić information content (AvgIpc) is 3.51. The smallest absolute Gasteiger partial charge is 0.159 e. The zero-order valence-corrected chi connectivity index (χ0v) is 29.3. The number of Topliss-reactive ketones (excluding diaryl/α,β-unsaturated/α-hetero) is 2. The van der Waals surface area contributed by atoms with E-state index in [2.05, 4.69) is 13.8 Å². The monoisotopic (exact) mass is 599 g/mol. The molecule has 0 aromatic rings. The van der Waals surface area contributed by atoms with Crippen molar-refractivity contribution >= 4 is 11.6 Å². The van der Waals surface area contributed by atoms with Crippen LogP contribution in [-0.2, 0) is 9.59 Å². The van der Waals surface area contributed by atoms with Crippen LogP contribution >= 0.6 is 0 Å². The molecule has 0 N–H and O–H groups in total. The predicted octanol–water partition coefficient (Wildman–Crippen LogP) is 13.8. The molecule has 0 heterocycles. The zero-order chi connectivity index (χ0) is 31.1. The summed E-state index contributed by atoms with van der Waals surface area (Å²) in [6.45, 7) is 4.57. The van der Waals surface area contributed by atoms with Crippen molar-refractivity contribution < 1.29 is 9.59 Å². The quantitative estimate of drug-likeness (QED) is 0.0690. The molecule has 0 saturated heterocycles. The van der Waals surface area contributed by atoms with Gasteiger partial charge in [0.2, 0.25) is 0 Å². The van der Waals surface area contributed by atoms with Gasteiger partial charge in [-0.25, -0.2) is 0 Å². The molecule has 2 heteroatoms. The topological polar surface area (TPSA) is 34.1 Å². The summed E-state index contributed by atoms with van der Waals surface area (Å²) in [4.78, 5) is 25.7. The van der Waals surface area contributed by atoms with Gasteiger partial charge in [-0.3, -0.25) is 9.59 Å². The molecule has 0 aromatic carbocycles. The zero-order valence-electron chi connectivity index (χ0n) is 29.3. The number of hydrogen-bond acceptors (Lipinski definition) is 2. The lowest BCUT2D eigenvalue weighted by atomic mass is 9.90. The number of unbranched alkanes of at least 4 members (excludes halogenated alkanes) is 28. The Balaban J connectivity index is 1.93. The van der Waals surface area contributed by atoms with Crippen LogP contribution in [0.5, 0.6) is 0 Å². The Bertz CT molecular complexity index is 702. The van der Waals surface area contributed by atoms with Crippen molar-refractivity contribution in [1.82, 2.24) is 0 Å². The molecule has 2 nitrogen and oxygen atoms in total. The fourth-order valence-electron chi connectivity index (χ4n) is 6.65. The Morgan fingerprint density at radius 1 is 0.442 bits per heavy atom. The molecule has 0 aromatic heterocycles. The first-order valence-electron chi connectivity index (χ1n) is 19.6. The highest BCUT2D eigenvalue weighted by Gasteiger charge is 2.26. The Morgan fingerprint density at radius 3 is 1.09 bits per heavy atom. The van der Waals surface area contributed by atoms with Crippen LogP contribution < -0.4 is 0 Å². The van der Waals surface area contributed by atoms with Gasteiger partial charge in [-0.05, 0) is 12.8 Å². The maximum atomic E-state index is 12.9. The summed E-state index contributed by atoms with van der Waals surface area (Å²) in [6, 6.07) is 0. The molecule has 0 amide bonds. The molecule has 0 fully saturated rings. The van der Waals surface area contributed by atoms with Crippen molar-refractivity contribution in [2.45, 2.75) is 219 Å². The van der Waals surface area contributed by atoms with Gasteiger partial charge in [-0.2, -0.15) is 0 Å². The van der Waals surface area contributed by atoms with Crippen molar-refractivity contribution in [3.05, 3.63) is 23.8 Å². The molecule has 0 saturated carbocycles. The third-order valence-electron chi connectivity index (χ3n) is 9.62. The second kappa shape index (κ2) is 30.8. The minimum absolute atomic E-state index is 0.203. The van der Waals surface area contributed by atoms with Gasteiger partial charge in [0.25, 0.3) is 0 Å². The van der Waals surface area contributed by atoms with E-state index in [0.717, 1.165) is 31.3 Å². The number of allylic oxidation sites excluding steroid dienone is 4. The molecule has 1 atom stereocenters. The lowest BCUT2D eigenvalue weighted by Crippen LogP contribution is -2.18. The Kier molecular flexibility index (Phi) is 28.6. The van der Waals surface area contributed by atoms with Gasteiger partial charge in [0.1, 0.15) is 5.78 Å². The van der Waals surface area contributed by atoms with Crippen LogP contribution in [0.2, 0.25) is 0 Å². The normalized spacial score (nSPS) is 14.5. The highest BCUT2D eigenvalue weighted by atomic mass is 16.1. The Labute approximate surface area is 269 Å². The molecule has 1 unspecified atom stereocenters. The summed E-state index contributed by atoms with van der Waals surface area (Å²) in [5, 5.41) is 0. The van der Waals surface area contributed by atoms with Gasteiger partial charge in [-0.15, -0.1) is 0 Å². The summed E-state index contributed by atoms with van der Waals surface area (Å²) in [6.07, 6.45) is 47.1. The van der Waals surface area contributed by atoms with Crippen molar-refractivity contribution in [3.63, 3.8) is 0 Å². The number of ketones is 2. The van der Waals surface area contributed by atoms with E-state index < -0.39 is 0 Å². The first-order valence-corrected chi connectivity index (χ1v) is 19.6. The maximum absolute atomic E-state index is 12.9. The van der Waals surface area contributed by atoms with Gasteiger partial charge >= 0.3 is 0 Å². The summed E-state index contributed by atoms with van der Waals surface area (Å²) < 4.78 is 0. The van der Waals surface area contributed by atoms with Gasteiger partial charge in [-0.1, -0.05) is 212 Å². The second-order valence-corrected chi connectivity index (χ2v) is 13.8. The lowest BCUT2D eigenvalue weighted by Gasteiger charge is -2.12. The molecule has 0 aliphatic heterocycles. The largest absolute Gasteiger partial charge is 0.299 e. The van der Waals surface area contributed by atoms with Gasteiger partial charge in [0, 0.05) is 18.4 Å². The third kappa shape index (κ3) is 23.8. The third-order valence-corrected chi connectivity index (χ3v) is 9.62. The molecular formula is C41H74O2. The van der Waals surface area contributed by atoms with E-state index in [1.54, 1.807) is 0 Å².